The number of anilines is 1. The third kappa shape index (κ3) is 2.61. The van der Waals surface area contributed by atoms with E-state index in [1.54, 1.807) is 42.5 Å². The van der Waals surface area contributed by atoms with Crippen molar-refractivity contribution < 1.29 is 18.4 Å². The van der Waals surface area contributed by atoms with Crippen LogP contribution in [0.3, 0.4) is 0 Å². The van der Waals surface area contributed by atoms with Gasteiger partial charge in [-0.1, -0.05) is 12.1 Å². The summed E-state index contributed by atoms with van der Waals surface area (Å²) in [5, 5.41) is 13.5. The molecule has 140 valence electrons. The molecule has 28 heavy (non-hydrogen) atoms. The summed E-state index contributed by atoms with van der Waals surface area (Å²) < 4.78 is 20.5. The molecule has 2 amide bonds. The Labute approximate surface area is 157 Å². The number of hydrogen-bond donors (Lipinski definition) is 3. The van der Waals surface area contributed by atoms with Crippen molar-refractivity contribution in [1.82, 2.24) is 15.5 Å². The van der Waals surface area contributed by atoms with E-state index in [4.69, 9.17) is 4.42 Å². The fraction of sp³-hybridized carbons (Fsp3) is 0.150. The molecule has 3 N–H and O–H groups in total. The van der Waals surface area contributed by atoms with E-state index in [1.807, 2.05) is 0 Å². The summed E-state index contributed by atoms with van der Waals surface area (Å²) in [6, 6.07) is 11.5. The van der Waals surface area contributed by atoms with Crippen LogP contribution in [0.2, 0.25) is 0 Å². The first-order valence-corrected chi connectivity index (χ1v) is 8.86. The van der Waals surface area contributed by atoms with Crippen molar-refractivity contribution in [3.63, 3.8) is 0 Å². The van der Waals surface area contributed by atoms with Gasteiger partial charge in [-0.05, 0) is 36.8 Å². The third-order valence-corrected chi connectivity index (χ3v) is 4.89. The standard InChI is InChI=1S/C20H15FN4O3/c21-17-11-3-1-2-4-15(11)28-19(17)18-12-9-10(5-6-13(12)24-25-18)22-20(27)14-7-8-16(26)23-14/h1-6,9,14H,7-8H2,(H,22,27)(H,23,26)(H,24,25)/t14-/m0/s1. The molecular formula is C20H15FN4O3. The molecule has 1 atom stereocenters. The Morgan fingerprint density at radius 3 is 2.86 bits per heavy atom. The SMILES string of the molecule is O=C1CC[C@@H](C(=O)Nc2ccc3[nH]nc(-c4oc5ccccc5c4F)c3c2)N1. The Balaban J connectivity index is 1.52. The minimum Gasteiger partial charge on any atom is -0.451 e. The summed E-state index contributed by atoms with van der Waals surface area (Å²) in [5.74, 6) is -0.857. The number of fused-ring (bicyclic) bond motifs is 2. The summed E-state index contributed by atoms with van der Waals surface area (Å²) in [6.07, 6.45) is 0.808. The molecule has 4 aromatic rings. The van der Waals surface area contributed by atoms with Crippen LogP contribution in [0.15, 0.2) is 46.9 Å². The second kappa shape index (κ2) is 6.19. The number of H-pyrrole nitrogens is 1. The zero-order valence-corrected chi connectivity index (χ0v) is 14.6. The van der Waals surface area contributed by atoms with Crippen LogP contribution in [-0.2, 0) is 9.59 Å². The quantitative estimate of drug-likeness (QED) is 0.509. The van der Waals surface area contributed by atoms with E-state index >= 15 is 0 Å². The lowest BCUT2D eigenvalue weighted by molar-refractivity contribution is -0.122. The molecule has 1 fully saturated rings. The maximum atomic E-state index is 14.8. The van der Waals surface area contributed by atoms with Crippen LogP contribution in [0.5, 0.6) is 0 Å². The van der Waals surface area contributed by atoms with Gasteiger partial charge in [-0.25, -0.2) is 4.39 Å². The molecule has 1 aliphatic rings. The Hall–Kier alpha value is -3.68. The first-order valence-electron chi connectivity index (χ1n) is 8.86. The number of aromatic amines is 1. The highest BCUT2D eigenvalue weighted by Crippen LogP contribution is 2.35. The summed E-state index contributed by atoms with van der Waals surface area (Å²) in [7, 11) is 0. The van der Waals surface area contributed by atoms with Crippen molar-refractivity contribution in [1.29, 1.82) is 0 Å². The molecule has 0 radical (unpaired) electrons. The Kier molecular flexibility index (Phi) is 3.65. The van der Waals surface area contributed by atoms with Crippen LogP contribution in [0.4, 0.5) is 10.1 Å². The molecular weight excluding hydrogens is 363 g/mol. The van der Waals surface area contributed by atoms with E-state index in [1.165, 1.54) is 0 Å². The van der Waals surface area contributed by atoms with E-state index in [-0.39, 0.29) is 17.6 Å². The molecule has 0 unspecified atom stereocenters. The van der Waals surface area contributed by atoms with Gasteiger partial charge in [0.1, 0.15) is 17.3 Å². The highest BCUT2D eigenvalue weighted by molar-refractivity contribution is 6.02. The predicted octanol–water partition coefficient (Wildman–Crippen LogP) is 3.33. The number of nitrogens with zero attached hydrogens (tertiary/aromatic N) is 1. The fourth-order valence-corrected chi connectivity index (χ4v) is 3.47. The van der Waals surface area contributed by atoms with Gasteiger partial charge in [0.2, 0.25) is 11.8 Å². The maximum Gasteiger partial charge on any atom is 0.246 e. The van der Waals surface area contributed by atoms with Crippen molar-refractivity contribution in [2.45, 2.75) is 18.9 Å². The predicted molar refractivity (Wildman–Crippen MR) is 101 cm³/mol. The topological polar surface area (TPSA) is 100 Å². The van der Waals surface area contributed by atoms with Gasteiger partial charge >= 0.3 is 0 Å². The van der Waals surface area contributed by atoms with E-state index in [9.17, 15) is 14.0 Å². The van der Waals surface area contributed by atoms with Crippen LogP contribution in [-0.4, -0.2) is 28.1 Å². The number of benzene rings is 2. The van der Waals surface area contributed by atoms with E-state index in [2.05, 4.69) is 20.8 Å². The number of amides is 2. The molecule has 5 rings (SSSR count). The van der Waals surface area contributed by atoms with Crippen molar-refractivity contribution >= 4 is 39.4 Å². The molecule has 0 spiro atoms. The second-order valence-electron chi connectivity index (χ2n) is 6.72. The van der Waals surface area contributed by atoms with Crippen molar-refractivity contribution in [2.24, 2.45) is 0 Å². The smallest absolute Gasteiger partial charge is 0.246 e. The second-order valence-corrected chi connectivity index (χ2v) is 6.72. The summed E-state index contributed by atoms with van der Waals surface area (Å²) in [4.78, 5) is 23.6. The summed E-state index contributed by atoms with van der Waals surface area (Å²) in [6.45, 7) is 0. The number of carbonyl (C=O) groups is 2. The highest BCUT2D eigenvalue weighted by atomic mass is 19.1. The normalized spacial score (nSPS) is 16.6. The number of halogens is 1. The van der Waals surface area contributed by atoms with Gasteiger partial charge in [-0.3, -0.25) is 14.7 Å². The van der Waals surface area contributed by atoms with Gasteiger partial charge in [-0.2, -0.15) is 5.10 Å². The first-order chi connectivity index (χ1) is 13.6. The van der Waals surface area contributed by atoms with Gasteiger partial charge in [0, 0.05) is 17.5 Å². The molecule has 1 aliphatic heterocycles. The van der Waals surface area contributed by atoms with E-state index in [0.29, 0.717) is 46.1 Å². The zero-order valence-electron chi connectivity index (χ0n) is 14.6. The van der Waals surface area contributed by atoms with Crippen molar-refractivity contribution in [3.05, 3.63) is 48.3 Å². The Bertz CT molecular complexity index is 1240. The van der Waals surface area contributed by atoms with E-state index < -0.39 is 11.9 Å². The molecule has 0 bridgehead atoms. The highest BCUT2D eigenvalue weighted by Gasteiger charge is 2.27. The summed E-state index contributed by atoms with van der Waals surface area (Å²) in [5.41, 5.74) is 1.97. The maximum absolute atomic E-state index is 14.8. The fourth-order valence-electron chi connectivity index (χ4n) is 3.47. The monoisotopic (exact) mass is 378 g/mol. The van der Waals surface area contributed by atoms with Crippen LogP contribution < -0.4 is 10.6 Å². The number of aromatic nitrogens is 2. The number of carbonyl (C=O) groups excluding carboxylic acids is 2. The van der Waals surface area contributed by atoms with Crippen molar-refractivity contribution in [3.8, 4) is 11.5 Å². The number of furan rings is 1. The van der Waals surface area contributed by atoms with Gasteiger partial charge in [0.15, 0.2) is 11.6 Å². The lowest BCUT2D eigenvalue weighted by Crippen LogP contribution is -2.37. The molecule has 7 nitrogen and oxygen atoms in total. The molecule has 3 heterocycles. The van der Waals surface area contributed by atoms with Gasteiger partial charge < -0.3 is 15.1 Å². The number of para-hydroxylation sites is 1. The molecule has 1 saturated heterocycles. The largest absolute Gasteiger partial charge is 0.451 e. The molecule has 2 aromatic heterocycles. The van der Waals surface area contributed by atoms with Crippen LogP contribution >= 0.6 is 0 Å². The third-order valence-electron chi connectivity index (χ3n) is 4.89. The number of nitrogens with one attached hydrogen (secondary N) is 3. The minimum atomic E-state index is -0.542. The average molecular weight is 378 g/mol. The van der Waals surface area contributed by atoms with Gasteiger partial charge in [0.05, 0.1) is 10.9 Å². The lowest BCUT2D eigenvalue weighted by atomic mass is 10.1. The number of rotatable bonds is 3. The molecule has 2 aromatic carbocycles. The zero-order chi connectivity index (χ0) is 19.3. The molecule has 8 heteroatoms. The van der Waals surface area contributed by atoms with Gasteiger partial charge in [-0.15, -0.1) is 0 Å². The van der Waals surface area contributed by atoms with Crippen LogP contribution in [0, 0.1) is 5.82 Å². The Morgan fingerprint density at radius 2 is 2.07 bits per heavy atom. The number of hydrogen-bond acceptors (Lipinski definition) is 4. The minimum absolute atomic E-state index is 0.0407. The van der Waals surface area contributed by atoms with Gasteiger partial charge in [0.25, 0.3) is 0 Å². The first kappa shape index (κ1) is 16.5. The van der Waals surface area contributed by atoms with Crippen molar-refractivity contribution in [2.75, 3.05) is 5.32 Å². The molecule has 0 saturated carbocycles. The lowest BCUT2D eigenvalue weighted by Gasteiger charge is -2.11. The molecule has 0 aliphatic carbocycles. The summed E-state index contributed by atoms with van der Waals surface area (Å²) >= 11 is 0. The average Bonchev–Trinajstić information content (AvgIpc) is 3.39. The Morgan fingerprint density at radius 1 is 1.21 bits per heavy atom. The van der Waals surface area contributed by atoms with Crippen LogP contribution in [0.1, 0.15) is 12.8 Å². The van der Waals surface area contributed by atoms with Crippen LogP contribution in [0.25, 0.3) is 33.3 Å². The van der Waals surface area contributed by atoms with E-state index in [0.717, 1.165) is 0 Å².